The number of ether oxygens (including phenoxy) is 1. The van der Waals surface area contributed by atoms with Crippen LogP contribution in [0.3, 0.4) is 0 Å². The fourth-order valence-electron chi connectivity index (χ4n) is 4.59. The molecule has 1 aromatic heterocycles. The van der Waals surface area contributed by atoms with E-state index in [1.165, 1.54) is 5.56 Å². The Balaban J connectivity index is 1.31. The van der Waals surface area contributed by atoms with E-state index in [1.807, 2.05) is 42.5 Å². The molecule has 0 spiro atoms. The molecule has 1 saturated heterocycles. The summed E-state index contributed by atoms with van der Waals surface area (Å²) in [4.78, 5) is 12.3. The maximum Gasteiger partial charge on any atom is 0.243 e. The second kappa shape index (κ2) is 10.8. The molecule has 0 bridgehead atoms. The van der Waals surface area contributed by atoms with E-state index < -0.39 is 10.0 Å². The molecule has 37 heavy (non-hydrogen) atoms. The van der Waals surface area contributed by atoms with Gasteiger partial charge in [0, 0.05) is 38.1 Å². The second-order valence-corrected chi connectivity index (χ2v) is 11.0. The lowest BCUT2D eigenvalue weighted by atomic mass is 10.2. The molecule has 1 N–H and O–H groups in total. The lowest BCUT2D eigenvalue weighted by molar-refractivity contribution is 0.141. The average molecular weight is 518 g/mol. The molecule has 0 radical (unpaired) electrons. The highest BCUT2D eigenvalue weighted by Crippen LogP contribution is 2.27. The van der Waals surface area contributed by atoms with E-state index in [1.54, 1.807) is 35.7 Å². The van der Waals surface area contributed by atoms with Gasteiger partial charge in [-0.1, -0.05) is 42.5 Å². The first-order valence-electron chi connectivity index (χ1n) is 12.4. The number of fused-ring (bicyclic) bond motifs is 1. The van der Waals surface area contributed by atoms with E-state index in [-0.39, 0.29) is 10.9 Å². The summed E-state index contributed by atoms with van der Waals surface area (Å²) in [7, 11) is -2.00. The Labute approximate surface area is 218 Å². The Morgan fingerprint density at radius 3 is 2.27 bits per heavy atom. The summed E-state index contributed by atoms with van der Waals surface area (Å²) < 4.78 is 33.0. The molecule has 9 heteroatoms. The summed E-state index contributed by atoms with van der Waals surface area (Å²) in [6.45, 7) is 4.76. The molecular weight excluding hydrogens is 486 g/mol. The summed E-state index contributed by atoms with van der Waals surface area (Å²) in [5, 5.41) is 4.47. The van der Waals surface area contributed by atoms with Gasteiger partial charge >= 0.3 is 0 Å². The maximum absolute atomic E-state index is 13.1. The molecule has 0 saturated carbocycles. The Morgan fingerprint density at radius 1 is 0.892 bits per heavy atom. The van der Waals surface area contributed by atoms with Crippen LogP contribution in [0.4, 0.5) is 5.82 Å². The molecule has 192 valence electrons. The summed E-state index contributed by atoms with van der Waals surface area (Å²) in [6.07, 6.45) is 0. The number of para-hydroxylation sites is 1. The third kappa shape index (κ3) is 5.44. The van der Waals surface area contributed by atoms with E-state index in [4.69, 9.17) is 14.7 Å². The highest BCUT2D eigenvalue weighted by Gasteiger charge is 2.31. The molecule has 1 aliphatic heterocycles. The van der Waals surface area contributed by atoms with Crippen molar-refractivity contribution in [2.45, 2.75) is 24.4 Å². The van der Waals surface area contributed by atoms with Gasteiger partial charge in [0.1, 0.15) is 17.4 Å². The zero-order valence-corrected chi connectivity index (χ0v) is 21.9. The van der Waals surface area contributed by atoms with Gasteiger partial charge < -0.3 is 10.1 Å². The maximum atomic E-state index is 13.1. The van der Waals surface area contributed by atoms with Crippen molar-refractivity contribution in [1.82, 2.24) is 19.2 Å². The zero-order chi connectivity index (χ0) is 25.8. The smallest absolute Gasteiger partial charge is 0.243 e. The molecule has 2 heterocycles. The number of aromatic nitrogens is 2. The number of sulfonamides is 1. The van der Waals surface area contributed by atoms with Gasteiger partial charge in [0.2, 0.25) is 10.0 Å². The van der Waals surface area contributed by atoms with Crippen LogP contribution in [0, 0.1) is 0 Å². The number of piperazine rings is 1. The van der Waals surface area contributed by atoms with Crippen molar-refractivity contribution >= 4 is 26.7 Å². The topological polar surface area (TPSA) is 87.7 Å². The van der Waals surface area contributed by atoms with Crippen LogP contribution in [-0.4, -0.2) is 60.9 Å². The van der Waals surface area contributed by atoms with Crippen molar-refractivity contribution < 1.29 is 13.2 Å². The molecule has 0 aliphatic carbocycles. The monoisotopic (exact) mass is 517 g/mol. The standard InChI is InChI=1S/C28H31N5O3S/c1-21(32-16-18-33(19-17-32)37(34,35)24-14-12-23(36-2)13-15-24)27-30-26-11-7-6-10-25(26)28(31-27)29-20-22-8-4-3-5-9-22/h3-15,21H,16-20H2,1-2H3,(H,29,30,31)/t21-/m0/s1. The number of anilines is 1. The molecule has 1 atom stereocenters. The molecule has 1 fully saturated rings. The van der Waals surface area contributed by atoms with Gasteiger partial charge in [0.25, 0.3) is 0 Å². The van der Waals surface area contributed by atoms with Gasteiger partial charge in [-0.2, -0.15) is 4.31 Å². The highest BCUT2D eigenvalue weighted by atomic mass is 32.2. The molecule has 1 aliphatic rings. The fourth-order valence-corrected chi connectivity index (χ4v) is 6.01. The highest BCUT2D eigenvalue weighted by molar-refractivity contribution is 7.89. The van der Waals surface area contributed by atoms with Gasteiger partial charge in [-0.3, -0.25) is 4.90 Å². The van der Waals surface area contributed by atoms with Crippen LogP contribution in [0.1, 0.15) is 24.4 Å². The van der Waals surface area contributed by atoms with Crippen molar-refractivity contribution in [2.24, 2.45) is 0 Å². The molecule has 0 amide bonds. The first-order valence-corrected chi connectivity index (χ1v) is 13.8. The zero-order valence-electron chi connectivity index (χ0n) is 21.0. The van der Waals surface area contributed by atoms with E-state index in [9.17, 15) is 8.42 Å². The molecule has 0 unspecified atom stereocenters. The first-order chi connectivity index (χ1) is 18.0. The normalized spacial score (nSPS) is 15.9. The minimum atomic E-state index is -3.56. The lowest BCUT2D eigenvalue weighted by Gasteiger charge is -2.36. The Kier molecular flexibility index (Phi) is 7.36. The third-order valence-electron chi connectivity index (χ3n) is 6.82. The van der Waals surface area contributed by atoms with Crippen LogP contribution in [0.25, 0.3) is 10.9 Å². The predicted octanol–water partition coefficient (Wildman–Crippen LogP) is 4.32. The number of hydrogen-bond acceptors (Lipinski definition) is 7. The third-order valence-corrected chi connectivity index (χ3v) is 8.73. The molecule has 3 aromatic carbocycles. The molecule has 4 aromatic rings. The van der Waals surface area contributed by atoms with Gasteiger partial charge in [0.05, 0.1) is 23.6 Å². The second-order valence-electron chi connectivity index (χ2n) is 9.08. The number of methoxy groups -OCH3 is 1. The van der Waals surface area contributed by atoms with Crippen LogP contribution >= 0.6 is 0 Å². The van der Waals surface area contributed by atoms with Gasteiger partial charge in [-0.25, -0.2) is 18.4 Å². The van der Waals surface area contributed by atoms with E-state index >= 15 is 0 Å². The summed E-state index contributed by atoms with van der Waals surface area (Å²) in [5.41, 5.74) is 2.06. The number of benzene rings is 3. The average Bonchev–Trinajstić information content (AvgIpc) is 2.96. The van der Waals surface area contributed by atoms with Crippen LogP contribution < -0.4 is 10.1 Å². The number of nitrogens with zero attached hydrogens (tertiary/aromatic N) is 4. The fraction of sp³-hybridized carbons (Fsp3) is 0.286. The van der Waals surface area contributed by atoms with Crippen molar-refractivity contribution in [3.63, 3.8) is 0 Å². The number of nitrogens with one attached hydrogen (secondary N) is 1. The quantitative estimate of drug-likeness (QED) is 0.372. The molecule has 5 rings (SSSR count). The van der Waals surface area contributed by atoms with Crippen molar-refractivity contribution in [2.75, 3.05) is 38.6 Å². The first kappa shape index (κ1) is 25.1. The van der Waals surface area contributed by atoms with Crippen LogP contribution in [-0.2, 0) is 16.6 Å². The predicted molar refractivity (Wildman–Crippen MR) is 145 cm³/mol. The number of rotatable bonds is 8. The Bertz CT molecular complexity index is 1450. The van der Waals surface area contributed by atoms with Gasteiger partial charge in [-0.05, 0) is 48.9 Å². The summed E-state index contributed by atoms with van der Waals surface area (Å²) in [5.74, 6) is 2.16. The van der Waals surface area contributed by atoms with Crippen molar-refractivity contribution in [3.8, 4) is 5.75 Å². The van der Waals surface area contributed by atoms with Crippen molar-refractivity contribution in [3.05, 3.63) is 90.3 Å². The van der Waals surface area contributed by atoms with E-state index in [0.717, 1.165) is 22.5 Å². The Hall–Kier alpha value is -3.53. The SMILES string of the molecule is COc1ccc(S(=O)(=O)N2CCN([C@@H](C)c3nc(NCc4ccccc4)c4ccccc4n3)CC2)cc1. The van der Waals surface area contributed by atoms with Crippen LogP contribution in [0.15, 0.2) is 83.8 Å². The van der Waals surface area contributed by atoms with Gasteiger partial charge in [0.15, 0.2) is 0 Å². The van der Waals surface area contributed by atoms with Gasteiger partial charge in [-0.15, -0.1) is 0 Å². The van der Waals surface area contributed by atoms with E-state index in [0.29, 0.717) is 38.5 Å². The molecule has 8 nitrogen and oxygen atoms in total. The van der Waals surface area contributed by atoms with Crippen LogP contribution in [0.2, 0.25) is 0 Å². The minimum absolute atomic E-state index is 0.0623. The van der Waals surface area contributed by atoms with Crippen molar-refractivity contribution in [1.29, 1.82) is 0 Å². The largest absolute Gasteiger partial charge is 0.497 e. The summed E-state index contributed by atoms with van der Waals surface area (Å²) >= 11 is 0. The Morgan fingerprint density at radius 2 is 1.57 bits per heavy atom. The van der Waals surface area contributed by atoms with Crippen LogP contribution in [0.5, 0.6) is 5.75 Å². The lowest BCUT2D eigenvalue weighted by Crippen LogP contribution is -2.49. The minimum Gasteiger partial charge on any atom is -0.497 e. The molecular formula is C28H31N5O3S. The number of hydrogen-bond donors (Lipinski definition) is 1. The van der Waals surface area contributed by atoms with E-state index in [2.05, 4.69) is 29.3 Å². The summed E-state index contributed by atoms with van der Waals surface area (Å²) in [6, 6.07) is 24.7.